The minimum Gasteiger partial charge on any atom is -0.381 e. The average molecular weight is 232 g/mol. The normalized spacial score (nSPS) is 10.3. The predicted octanol–water partition coefficient (Wildman–Crippen LogP) is 3.76. The van der Waals surface area contributed by atoms with Crippen LogP contribution in [0.1, 0.15) is 11.1 Å². The van der Waals surface area contributed by atoms with Gasteiger partial charge in [-0.2, -0.15) is 0 Å². The highest BCUT2D eigenvalue weighted by molar-refractivity contribution is 5.52. The van der Waals surface area contributed by atoms with Gasteiger partial charge in [-0.25, -0.2) is 8.78 Å². The van der Waals surface area contributed by atoms with Crippen LogP contribution in [0.4, 0.5) is 14.5 Å². The van der Waals surface area contributed by atoms with Gasteiger partial charge < -0.3 is 5.32 Å². The highest BCUT2D eigenvalue weighted by atomic mass is 19.2. The molecular weight excluding hydrogens is 220 g/mol. The average Bonchev–Trinajstić information content (AvgIpc) is 2.33. The Kier molecular flexibility index (Phi) is 3.38. The number of nitrogens with one attached hydrogen (secondary N) is 1. The van der Waals surface area contributed by atoms with E-state index >= 15 is 0 Å². The second kappa shape index (κ2) is 4.95. The highest BCUT2D eigenvalue weighted by Gasteiger charge is 2.07. The second-order valence-electron chi connectivity index (χ2n) is 3.72. The second-order valence-corrected chi connectivity index (χ2v) is 3.72. The lowest BCUT2D eigenvalue weighted by atomic mass is 10.1. The van der Waals surface area contributed by atoms with E-state index in [-0.39, 0.29) is 6.54 Å². The zero-order valence-electron chi connectivity index (χ0n) is 9.21. The van der Waals surface area contributed by atoms with Gasteiger partial charge in [-0.1, -0.05) is 30.3 Å². The van der Waals surface area contributed by atoms with Gasteiger partial charge in [0, 0.05) is 17.8 Å². The van der Waals surface area contributed by atoms with Crippen molar-refractivity contribution in [3.05, 3.63) is 72.1 Å². The van der Waals surface area contributed by atoms with Gasteiger partial charge in [0.2, 0.25) is 0 Å². The highest BCUT2D eigenvalue weighted by Crippen LogP contribution is 2.16. The largest absolute Gasteiger partial charge is 0.381 e. The fourth-order valence-corrected chi connectivity index (χ4v) is 1.57. The number of hydrogen-bond donors (Lipinski definition) is 1. The molecule has 87 valence electrons. The third kappa shape index (κ3) is 2.61. The molecule has 2 aromatic carbocycles. The maximum atomic E-state index is 13.4. The van der Waals surface area contributed by atoms with Gasteiger partial charge in [-0.05, 0) is 24.6 Å². The van der Waals surface area contributed by atoms with E-state index in [0.717, 1.165) is 17.3 Å². The van der Waals surface area contributed by atoms with Gasteiger partial charge >= 0.3 is 0 Å². The fourth-order valence-electron chi connectivity index (χ4n) is 1.57. The SMILES string of the molecule is [CH2]c1ccccc1NCc1cccc(F)c1F. The molecule has 0 aliphatic heterocycles. The Morgan fingerprint density at radius 3 is 2.53 bits per heavy atom. The molecule has 0 aliphatic rings. The molecule has 2 aromatic rings. The van der Waals surface area contributed by atoms with Crippen molar-refractivity contribution in [2.45, 2.75) is 6.54 Å². The van der Waals surface area contributed by atoms with Crippen LogP contribution >= 0.6 is 0 Å². The van der Waals surface area contributed by atoms with Gasteiger partial charge in [0.15, 0.2) is 11.6 Å². The molecule has 17 heavy (non-hydrogen) atoms. The molecule has 0 bridgehead atoms. The first kappa shape index (κ1) is 11.6. The number of benzene rings is 2. The van der Waals surface area contributed by atoms with Crippen LogP contribution in [0.5, 0.6) is 0 Å². The first-order chi connectivity index (χ1) is 8.18. The minimum absolute atomic E-state index is 0.232. The lowest BCUT2D eigenvalue weighted by Crippen LogP contribution is -2.04. The topological polar surface area (TPSA) is 12.0 Å². The van der Waals surface area contributed by atoms with Crippen LogP contribution in [0.3, 0.4) is 0 Å². The Morgan fingerprint density at radius 2 is 1.76 bits per heavy atom. The smallest absolute Gasteiger partial charge is 0.163 e. The third-order valence-corrected chi connectivity index (χ3v) is 2.52. The summed E-state index contributed by atoms with van der Waals surface area (Å²) in [5.41, 5.74) is 1.94. The summed E-state index contributed by atoms with van der Waals surface area (Å²) in [4.78, 5) is 0. The summed E-state index contributed by atoms with van der Waals surface area (Å²) in [5, 5.41) is 3.03. The molecule has 0 saturated heterocycles. The van der Waals surface area contributed by atoms with Crippen LogP contribution in [0, 0.1) is 18.6 Å². The lowest BCUT2D eigenvalue weighted by Gasteiger charge is -2.10. The van der Waals surface area contributed by atoms with Crippen molar-refractivity contribution in [3.63, 3.8) is 0 Å². The zero-order valence-corrected chi connectivity index (χ0v) is 9.21. The van der Waals surface area contributed by atoms with E-state index in [9.17, 15) is 8.78 Å². The molecule has 0 heterocycles. The summed E-state index contributed by atoms with van der Waals surface area (Å²) in [7, 11) is 0. The fraction of sp³-hybridized carbons (Fsp3) is 0.0714. The minimum atomic E-state index is -0.827. The molecule has 3 heteroatoms. The van der Waals surface area contributed by atoms with Gasteiger partial charge in [0.05, 0.1) is 0 Å². The summed E-state index contributed by atoms with van der Waals surface area (Å²) in [6, 6.07) is 11.6. The molecule has 1 radical (unpaired) electrons. The summed E-state index contributed by atoms with van der Waals surface area (Å²) in [6.45, 7) is 4.07. The molecular formula is C14H12F2N. The Morgan fingerprint density at radius 1 is 1.00 bits per heavy atom. The van der Waals surface area contributed by atoms with E-state index in [1.807, 2.05) is 24.3 Å². The Bertz CT molecular complexity index is 523. The van der Waals surface area contributed by atoms with Crippen LogP contribution in [0.25, 0.3) is 0 Å². The summed E-state index contributed by atoms with van der Waals surface area (Å²) < 4.78 is 26.3. The third-order valence-electron chi connectivity index (χ3n) is 2.52. The Balaban J connectivity index is 2.13. The molecule has 0 aromatic heterocycles. The molecule has 1 N–H and O–H groups in total. The molecule has 2 rings (SSSR count). The standard InChI is InChI=1S/C14H12F2N/c1-10-5-2-3-8-13(10)17-9-11-6-4-7-12(15)14(11)16/h2-8,17H,1,9H2. The van der Waals surface area contributed by atoms with Gasteiger partial charge in [0.25, 0.3) is 0 Å². The molecule has 0 unspecified atom stereocenters. The van der Waals surface area contributed by atoms with Crippen molar-refractivity contribution in [1.82, 2.24) is 0 Å². The van der Waals surface area contributed by atoms with E-state index in [1.54, 1.807) is 6.07 Å². The molecule has 0 atom stereocenters. The monoisotopic (exact) mass is 232 g/mol. The zero-order chi connectivity index (χ0) is 12.3. The van der Waals surface area contributed by atoms with E-state index in [1.165, 1.54) is 6.07 Å². The number of para-hydroxylation sites is 1. The Labute approximate surface area is 99.1 Å². The molecule has 0 saturated carbocycles. The quantitative estimate of drug-likeness (QED) is 0.849. The van der Waals surface area contributed by atoms with Crippen molar-refractivity contribution < 1.29 is 8.78 Å². The van der Waals surface area contributed by atoms with E-state index in [0.29, 0.717) is 5.56 Å². The van der Waals surface area contributed by atoms with Crippen LogP contribution in [0.2, 0.25) is 0 Å². The number of rotatable bonds is 3. The maximum absolute atomic E-state index is 13.4. The van der Waals surface area contributed by atoms with E-state index in [2.05, 4.69) is 12.2 Å². The predicted molar refractivity (Wildman–Crippen MR) is 64.6 cm³/mol. The molecule has 0 spiro atoms. The van der Waals surface area contributed by atoms with Gasteiger partial charge in [0.1, 0.15) is 0 Å². The van der Waals surface area contributed by atoms with Crippen molar-refractivity contribution in [2.75, 3.05) is 5.32 Å². The van der Waals surface area contributed by atoms with Crippen molar-refractivity contribution in [1.29, 1.82) is 0 Å². The van der Waals surface area contributed by atoms with Crippen LogP contribution < -0.4 is 5.32 Å². The van der Waals surface area contributed by atoms with Gasteiger partial charge in [-0.15, -0.1) is 0 Å². The van der Waals surface area contributed by atoms with E-state index < -0.39 is 11.6 Å². The van der Waals surface area contributed by atoms with Gasteiger partial charge in [-0.3, -0.25) is 0 Å². The molecule has 0 aliphatic carbocycles. The Hall–Kier alpha value is -1.90. The van der Waals surface area contributed by atoms with Crippen molar-refractivity contribution in [2.24, 2.45) is 0 Å². The van der Waals surface area contributed by atoms with Crippen molar-refractivity contribution in [3.8, 4) is 0 Å². The number of anilines is 1. The number of hydrogen-bond acceptors (Lipinski definition) is 1. The summed E-state index contributed by atoms with van der Waals surface area (Å²) in [6.07, 6.45) is 0. The lowest BCUT2D eigenvalue weighted by molar-refractivity contribution is 0.500. The summed E-state index contributed by atoms with van der Waals surface area (Å²) >= 11 is 0. The molecule has 0 amide bonds. The van der Waals surface area contributed by atoms with Crippen LogP contribution in [-0.2, 0) is 6.54 Å². The molecule has 0 fully saturated rings. The molecule has 1 nitrogen and oxygen atoms in total. The first-order valence-corrected chi connectivity index (χ1v) is 5.26. The summed E-state index contributed by atoms with van der Waals surface area (Å²) in [5.74, 6) is -1.63. The van der Waals surface area contributed by atoms with Crippen LogP contribution in [-0.4, -0.2) is 0 Å². The van der Waals surface area contributed by atoms with Crippen LogP contribution in [0.15, 0.2) is 42.5 Å². The maximum Gasteiger partial charge on any atom is 0.163 e. The van der Waals surface area contributed by atoms with E-state index in [4.69, 9.17) is 0 Å². The first-order valence-electron chi connectivity index (χ1n) is 5.26. The van der Waals surface area contributed by atoms with Crippen molar-refractivity contribution >= 4 is 5.69 Å². The number of halogens is 2.